The Morgan fingerprint density at radius 3 is 2.86 bits per heavy atom. The third-order valence-corrected chi connectivity index (χ3v) is 5.49. The van der Waals surface area contributed by atoms with Gasteiger partial charge in [-0.25, -0.2) is 9.18 Å². The average Bonchev–Trinajstić information content (AvgIpc) is 2.85. The number of thioether (sulfide) groups is 1. The lowest BCUT2D eigenvalue weighted by molar-refractivity contribution is -0.141. The zero-order valence-electron chi connectivity index (χ0n) is 11.4. The summed E-state index contributed by atoms with van der Waals surface area (Å²) in [6.45, 7) is 1.98. The molecule has 1 aliphatic rings. The van der Waals surface area contributed by atoms with Crippen LogP contribution in [0.1, 0.15) is 30.1 Å². The number of nitrogens with zero attached hydrogens (tertiary/aromatic N) is 1. The van der Waals surface area contributed by atoms with Crippen LogP contribution < -0.4 is 0 Å². The molecule has 0 bridgehead atoms. The van der Waals surface area contributed by atoms with Crippen LogP contribution in [0, 0.1) is 5.82 Å². The number of carbonyl (C=O) groups is 2. The summed E-state index contributed by atoms with van der Waals surface area (Å²) in [6.07, 6.45) is 1.56. The van der Waals surface area contributed by atoms with Crippen LogP contribution in [-0.2, 0) is 4.79 Å². The Bertz CT molecular complexity index is 569. The van der Waals surface area contributed by atoms with E-state index >= 15 is 0 Å². The van der Waals surface area contributed by atoms with Crippen LogP contribution in [0.4, 0.5) is 4.39 Å². The maximum Gasteiger partial charge on any atom is 0.327 e. The monoisotopic (exact) mass is 375 g/mol. The molecule has 2 unspecified atom stereocenters. The van der Waals surface area contributed by atoms with E-state index in [9.17, 15) is 19.1 Å². The van der Waals surface area contributed by atoms with Gasteiger partial charge in [0.05, 0.1) is 15.4 Å². The fourth-order valence-electron chi connectivity index (χ4n) is 2.30. The van der Waals surface area contributed by atoms with Gasteiger partial charge in [0.15, 0.2) is 0 Å². The molecule has 1 amide bonds. The smallest absolute Gasteiger partial charge is 0.327 e. The van der Waals surface area contributed by atoms with Gasteiger partial charge in [0.2, 0.25) is 0 Å². The van der Waals surface area contributed by atoms with E-state index in [1.165, 1.54) is 34.9 Å². The molecule has 114 valence electrons. The highest BCUT2D eigenvalue weighted by atomic mass is 79.9. The van der Waals surface area contributed by atoms with Crippen LogP contribution in [0.5, 0.6) is 0 Å². The molecule has 1 heterocycles. The third-order valence-electron chi connectivity index (χ3n) is 3.33. The number of hydrogen-bond acceptors (Lipinski definition) is 3. The van der Waals surface area contributed by atoms with Gasteiger partial charge in [-0.1, -0.05) is 19.4 Å². The molecule has 0 spiro atoms. The number of benzene rings is 1. The predicted octanol–water partition coefficient (Wildman–Crippen LogP) is 3.36. The molecule has 1 fully saturated rings. The minimum atomic E-state index is -1.03. The van der Waals surface area contributed by atoms with Crippen molar-refractivity contribution in [2.75, 3.05) is 5.75 Å². The molecule has 1 aromatic rings. The van der Waals surface area contributed by atoms with Gasteiger partial charge in [-0.2, -0.15) is 0 Å². The first-order valence-electron chi connectivity index (χ1n) is 6.58. The zero-order chi connectivity index (χ0) is 15.6. The molecular weight excluding hydrogens is 361 g/mol. The number of amides is 1. The number of halogens is 2. The molecule has 1 aromatic carbocycles. The summed E-state index contributed by atoms with van der Waals surface area (Å²) in [5.74, 6) is -1.65. The maximum absolute atomic E-state index is 13.6. The molecule has 0 radical (unpaired) electrons. The van der Waals surface area contributed by atoms with E-state index in [0.717, 1.165) is 6.42 Å². The van der Waals surface area contributed by atoms with Gasteiger partial charge in [0, 0.05) is 5.75 Å². The van der Waals surface area contributed by atoms with Gasteiger partial charge in [0.25, 0.3) is 5.91 Å². The van der Waals surface area contributed by atoms with E-state index in [1.807, 2.05) is 6.92 Å². The van der Waals surface area contributed by atoms with Gasteiger partial charge in [0.1, 0.15) is 11.9 Å². The molecule has 1 aliphatic heterocycles. The minimum absolute atomic E-state index is 0.0753. The summed E-state index contributed by atoms with van der Waals surface area (Å²) < 4.78 is 13.7. The molecule has 1 saturated heterocycles. The molecular formula is C14H15BrFNO3S. The molecule has 21 heavy (non-hydrogen) atoms. The van der Waals surface area contributed by atoms with Crippen molar-refractivity contribution in [3.8, 4) is 0 Å². The number of carboxylic acid groups (broad SMARTS) is 1. The molecule has 1 N–H and O–H groups in total. The SMILES string of the molecule is CCCC1SCC(C(=O)O)N1C(=O)c1cccc(F)c1Br. The Morgan fingerprint density at radius 2 is 2.24 bits per heavy atom. The maximum atomic E-state index is 13.6. The zero-order valence-corrected chi connectivity index (χ0v) is 13.8. The van der Waals surface area contributed by atoms with E-state index in [1.54, 1.807) is 0 Å². The van der Waals surface area contributed by atoms with E-state index in [2.05, 4.69) is 15.9 Å². The number of carboxylic acids is 1. The van der Waals surface area contributed by atoms with Crippen molar-refractivity contribution in [2.45, 2.75) is 31.2 Å². The van der Waals surface area contributed by atoms with Gasteiger partial charge < -0.3 is 10.0 Å². The Hall–Kier alpha value is -1.08. The van der Waals surface area contributed by atoms with Crippen LogP contribution in [0.15, 0.2) is 22.7 Å². The topological polar surface area (TPSA) is 57.6 Å². The summed E-state index contributed by atoms with van der Waals surface area (Å²) in [6, 6.07) is 3.33. The second-order valence-electron chi connectivity index (χ2n) is 4.74. The molecule has 0 aromatic heterocycles. The summed E-state index contributed by atoms with van der Waals surface area (Å²) in [7, 11) is 0. The van der Waals surface area contributed by atoms with E-state index < -0.39 is 23.7 Å². The molecule has 7 heteroatoms. The van der Waals surface area contributed by atoms with E-state index in [4.69, 9.17) is 0 Å². The Kier molecular flexibility index (Phi) is 5.27. The van der Waals surface area contributed by atoms with Gasteiger partial charge in [-0.3, -0.25) is 4.79 Å². The van der Waals surface area contributed by atoms with Crippen molar-refractivity contribution in [2.24, 2.45) is 0 Å². The van der Waals surface area contributed by atoms with Crippen LogP contribution >= 0.6 is 27.7 Å². The lowest BCUT2D eigenvalue weighted by Gasteiger charge is -2.27. The van der Waals surface area contributed by atoms with Crippen molar-refractivity contribution in [3.63, 3.8) is 0 Å². The number of hydrogen-bond donors (Lipinski definition) is 1. The summed E-state index contributed by atoms with van der Waals surface area (Å²) in [5.41, 5.74) is 0.157. The standard InChI is InChI=1S/C14H15BrFNO3S/c1-2-4-11-17(10(7-21-11)14(19)20)13(18)8-5-3-6-9(16)12(8)15/h3,5-6,10-11H,2,4,7H2,1H3,(H,19,20). The summed E-state index contributed by atoms with van der Waals surface area (Å²) >= 11 is 4.53. The summed E-state index contributed by atoms with van der Waals surface area (Å²) in [5, 5.41) is 9.11. The van der Waals surface area contributed by atoms with Crippen molar-refractivity contribution < 1.29 is 19.1 Å². The number of carbonyl (C=O) groups excluding carboxylic acids is 1. The van der Waals surface area contributed by atoms with Crippen molar-refractivity contribution in [1.82, 2.24) is 4.90 Å². The summed E-state index contributed by atoms with van der Waals surface area (Å²) in [4.78, 5) is 25.4. The second-order valence-corrected chi connectivity index (χ2v) is 6.75. The van der Waals surface area contributed by atoms with Crippen LogP contribution in [0.2, 0.25) is 0 Å². The lowest BCUT2D eigenvalue weighted by Crippen LogP contribution is -2.45. The molecule has 2 atom stereocenters. The van der Waals surface area contributed by atoms with Crippen LogP contribution in [0.3, 0.4) is 0 Å². The number of aliphatic carboxylic acids is 1. The quantitative estimate of drug-likeness (QED) is 0.876. The Balaban J connectivity index is 2.37. The Morgan fingerprint density at radius 1 is 1.52 bits per heavy atom. The fraction of sp³-hybridized carbons (Fsp3) is 0.429. The molecule has 0 saturated carbocycles. The lowest BCUT2D eigenvalue weighted by atomic mass is 10.1. The van der Waals surface area contributed by atoms with Crippen LogP contribution in [0.25, 0.3) is 0 Å². The highest BCUT2D eigenvalue weighted by Crippen LogP contribution is 2.35. The fourth-order valence-corrected chi connectivity index (χ4v) is 4.25. The number of rotatable bonds is 4. The minimum Gasteiger partial charge on any atom is -0.480 e. The van der Waals surface area contributed by atoms with Gasteiger partial charge in [-0.15, -0.1) is 11.8 Å². The van der Waals surface area contributed by atoms with Crippen molar-refractivity contribution >= 4 is 39.6 Å². The van der Waals surface area contributed by atoms with Crippen LogP contribution in [-0.4, -0.2) is 39.1 Å². The second kappa shape index (κ2) is 6.79. The normalized spacial score (nSPS) is 21.6. The third kappa shape index (κ3) is 3.23. The van der Waals surface area contributed by atoms with Crippen molar-refractivity contribution in [1.29, 1.82) is 0 Å². The van der Waals surface area contributed by atoms with Gasteiger partial charge in [-0.05, 0) is 34.5 Å². The van der Waals surface area contributed by atoms with Crippen molar-refractivity contribution in [3.05, 3.63) is 34.1 Å². The van der Waals surface area contributed by atoms with E-state index in [-0.39, 0.29) is 15.4 Å². The average molecular weight is 376 g/mol. The highest BCUT2D eigenvalue weighted by molar-refractivity contribution is 9.10. The largest absolute Gasteiger partial charge is 0.480 e. The molecule has 2 rings (SSSR count). The Labute approximate surface area is 134 Å². The first-order chi connectivity index (χ1) is 9.97. The predicted molar refractivity (Wildman–Crippen MR) is 82.8 cm³/mol. The van der Waals surface area contributed by atoms with E-state index in [0.29, 0.717) is 12.2 Å². The highest BCUT2D eigenvalue weighted by Gasteiger charge is 2.41. The van der Waals surface area contributed by atoms with Gasteiger partial charge >= 0.3 is 5.97 Å². The molecule has 0 aliphatic carbocycles. The first kappa shape index (κ1) is 16.3. The molecule has 4 nitrogen and oxygen atoms in total. The first-order valence-corrected chi connectivity index (χ1v) is 8.42.